The minimum Gasteiger partial charge on any atom is -0.490 e. The molecule has 3 rings (SSSR count). The van der Waals surface area contributed by atoms with Crippen LogP contribution in [0.15, 0.2) is 48.5 Å². The maximum Gasteiger partial charge on any atom is 0.864 e. The molecule has 3 aromatic rings. The zero-order valence-electron chi connectivity index (χ0n) is 38.3. The highest BCUT2D eigenvalue weighted by Crippen LogP contribution is 2.50. The third-order valence-corrected chi connectivity index (χ3v) is 11.5. The van der Waals surface area contributed by atoms with Crippen LogP contribution in [0, 0.1) is 0 Å². The van der Waals surface area contributed by atoms with Crippen molar-refractivity contribution in [3.63, 3.8) is 0 Å². The van der Waals surface area contributed by atoms with Crippen molar-refractivity contribution in [3.8, 4) is 17.2 Å². The van der Waals surface area contributed by atoms with E-state index in [1.807, 2.05) is 6.92 Å². The Kier molecular flexibility index (Phi) is 20.8. The highest BCUT2D eigenvalue weighted by Gasteiger charge is 2.49. The van der Waals surface area contributed by atoms with Gasteiger partial charge in [0.05, 0.1) is 58.6 Å². The number of halogens is 18. The molecular weight excluding hydrogens is 967 g/mol. The molecule has 1 unspecified atom stereocenters. The molecule has 0 heterocycles. The van der Waals surface area contributed by atoms with Crippen molar-refractivity contribution < 1.29 is 97.5 Å². The van der Waals surface area contributed by atoms with Gasteiger partial charge in [0, 0.05) is 6.42 Å². The van der Waals surface area contributed by atoms with Crippen molar-refractivity contribution in [2.75, 3.05) is 19.6 Å². The van der Waals surface area contributed by atoms with E-state index in [4.69, 9.17) is 14.0 Å². The van der Waals surface area contributed by atoms with Crippen LogP contribution in [0.25, 0.3) is 0 Å². The van der Waals surface area contributed by atoms with E-state index in [2.05, 4.69) is 0 Å². The second-order valence-corrected chi connectivity index (χ2v) is 16.9. The smallest absolute Gasteiger partial charge is 0.490 e. The summed E-state index contributed by atoms with van der Waals surface area (Å²) in [7, 11) is -3.27. The zero-order valence-corrected chi connectivity index (χ0v) is 38.3. The first kappa shape index (κ1) is 59.1. The van der Waals surface area contributed by atoms with Crippen LogP contribution in [-0.4, -0.2) is 31.4 Å². The Balaban J connectivity index is 2.58. The molecule has 0 bridgehead atoms. The van der Waals surface area contributed by atoms with Crippen molar-refractivity contribution in [2.24, 2.45) is 0 Å². The third-order valence-electron chi connectivity index (χ3n) is 11.5. The molecule has 0 aliphatic heterocycles. The number of benzene rings is 3. The number of unbranched alkanes of at least 4 members (excludes halogenated alkanes) is 9. The molecule has 3 aromatic carbocycles. The molecule has 0 aliphatic rings. The molecule has 1 atom stereocenters. The summed E-state index contributed by atoms with van der Waals surface area (Å²) in [5.74, 6) is -4.53. The maximum atomic E-state index is 15.6. The Bertz CT molecular complexity index is 1900. The molecule has 0 amide bonds. The van der Waals surface area contributed by atoms with E-state index in [-0.39, 0.29) is 85.5 Å². The standard InChI is InChI=1S/C46H55BF18NO3/c1-5-9-13-14-15-16-17-18-38(66(19-10-6-2,20-11-7-3)21-12-8-4)40-37(46(63,64)65)28-34(45(60,61)62)29-39(40)69-47(67-35-24-30(41(48,49)50)22-31(25-35)42(51,52)53)68-36-26-32(43(54,55)56)23-33(27-36)44(57,58)59/h22-29,38H,5-21H2,1-4H3/q+1. The zero-order chi connectivity index (χ0) is 52.2. The summed E-state index contributed by atoms with van der Waals surface area (Å²) < 4.78 is 275. The second kappa shape index (κ2) is 24.3. The second-order valence-electron chi connectivity index (χ2n) is 16.9. The summed E-state index contributed by atoms with van der Waals surface area (Å²) in [4.78, 5) is 0. The predicted octanol–water partition coefficient (Wildman–Crippen LogP) is 17.7. The van der Waals surface area contributed by atoms with Gasteiger partial charge in [-0.05, 0) is 74.2 Å². The molecule has 0 fully saturated rings. The molecule has 390 valence electrons. The van der Waals surface area contributed by atoms with Crippen LogP contribution >= 0.6 is 0 Å². The number of nitrogens with zero attached hydrogens (tertiary/aromatic N) is 1. The molecule has 4 nitrogen and oxygen atoms in total. The molecule has 0 spiro atoms. The largest absolute Gasteiger partial charge is 0.864 e. The van der Waals surface area contributed by atoms with Crippen molar-refractivity contribution in [1.82, 2.24) is 0 Å². The van der Waals surface area contributed by atoms with Crippen LogP contribution in [0.1, 0.15) is 163 Å². The van der Waals surface area contributed by atoms with Gasteiger partial charge in [-0.15, -0.1) is 0 Å². The molecule has 0 saturated heterocycles. The predicted molar refractivity (Wildman–Crippen MR) is 222 cm³/mol. The fourth-order valence-corrected chi connectivity index (χ4v) is 8.06. The Morgan fingerprint density at radius 2 is 0.725 bits per heavy atom. The summed E-state index contributed by atoms with van der Waals surface area (Å²) in [5, 5.41) is 0. The fourth-order valence-electron chi connectivity index (χ4n) is 8.06. The van der Waals surface area contributed by atoms with E-state index in [1.54, 1.807) is 20.8 Å². The number of alkyl halides is 18. The molecule has 0 saturated carbocycles. The molecule has 0 N–H and O–H groups in total. The summed E-state index contributed by atoms with van der Waals surface area (Å²) in [6, 6.07) is -2.82. The summed E-state index contributed by atoms with van der Waals surface area (Å²) in [6.07, 6.45) is -26.4. The lowest BCUT2D eigenvalue weighted by atomic mass is 9.88. The number of rotatable bonds is 25. The minimum absolute atomic E-state index is 0.0523. The van der Waals surface area contributed by atoms with Crippen LogP contribution in [0.5, 0.6) is 17.2 Å². The Hall–Kier alpha value is -4.18. The lowest BCUT2D eigenvalue weighted by molar-refractivity contribution is -0.958. The van der Waals surface area contributed by atoms with Crippen molar-refractivity contribution in [2.45, 2.75) is 161 Å². The van der Waals surface area contributed by atoms with Crippen LogP contribution in [0.4, 0.5) is 79.0 Å². The topological polar surface area (TPSA) is 27.7 Å². The molecule has 69 heavy (non-hydrogen) atoms. The van der Waals surface area contributed by atoms with E-state index in [0.29, 0.717) is 51.4 Å². The monoisotopic (exact) mass is 1020 g/mol. The quantitative estimate of drug-likeness (QED) is 0.0366. The Labute approximate surface area is 389 Å². The van der Waals surface area contributed by atoms with Gasteiger partial charge in [-0.25, -0.2) is 0 Å². The molecule has 23 heteroatoms. The van der Waals surface area contributed by atoms with E-state index < -0.39 is 107 Å². The highest BCUT2D eigenvalue weighted by atomic mass is 19.4. The van der Waals surface area contributed by atoms with Crippen LogP contribution in [0.3, 0.4) is 0 Å². The maximum absolute atomic E-state index is 15.6. The summed E-state index contributed by atoms with van der Waals surface area (Å²) in [5.41, 5.74) is -13.2. The lowest BCUT2D eigenvalue weighted by Gasteiger charge is -2.47. The number of hydrogen-bond acceptors (Lipinski definition) is 3. The normalized spacial score (nSPS) is 13.7. The molecular formula is C46H55BF18NO3+. The van der Waals surface area contributed by atoms with Gasteiger partial charge in [-0.1, -0.05) is 85.5 Å². The number of quaternary nitrogens is 1. The average molecular weight is 1020 g/mol. The van der Waals surface area contributed by atoms with Crippen molar-refractivity contribution >= 4 is 7.32 Å². The van der Waals surface area contributed by atoms with Crippen LogP contribution in [0.2, 0.25) is 0 Å². The van der Waals surface area contributed by atoms with Crippen LogP contribution < -0.4 is 14.0 Å². The van der Waals surface area contributed by atoms with Crippen molar-refractivity contribution in [3.05, 3.63) is 87.5 Å². The van der Waals surface area contributed by atoms with E-state index in [9.17, 15) is 65.9 Å². The molecule has 0 radical (unpaired) electrons. The SMILES string of the molecule is CCCCCCCCCC(c1c(OB(Oc2cc(C(F)(F)F)cc(C(F)(F)F)c2)Oc2cc(C(F)(F)F)cc(C(F)(F)F)c2)cc(C(F)(F)F)cc1C(F)(F)F)[N+](CCCC)(CCCC)CCCC. The summed E-state index contributed by atoms with van der Waals surface area (Å²) in [6.45, 7) is 7.86. The van der Waals surface area contributed by atoms with Crippen LogP contribution in [-0.2, 0) is 37.1 Å². The summed E-state index contributed by atoms with van der Waals surface area (Å²) >= 11 is 0. The van der Waals surface area contributed by atoms with Gasteiger partial charge in [0.15, 0.2) is 0 Å². The van der Waals surface area contributed by atoms with Gasteiger partial charge in [0.2, 0.25) is 0 Å². The Morgan fingerprint density at radius 1 is 0.391 bits per heavy atom. The average Bonchev–Trinajstić information content (AvgIpc) is 3.22. The Morgan fingerprint density at radius 3 is 1.06 bits per heavy atom. The first-order chi connectivity index (χ1) is 31.8. The van der Waals surface area contributed by atoms with E-state index in [0.717, 1.165) is 25.7 Å². The fraction of sp³-hybridized carbons (Fsp3) is 0.609. The van der Waals surface area contributed by atoms with Gasteiger partial charge in [0.1, 0.15) is 23.3 Å². The number of hydrogen-bond donors (Lipinski definition) is 0. The van der Waals surface area contributed by atoms with E-state index in [1.165, 1.54) is 0 Å². The van der Waals surface area contributed by atoms with Gasteiger partial charge in [0.25, 0.3) is 0 Å². The first-order valence-electron chi connectivity index (χ1n) is 22.6. The van der Waals surface area contributed by atoms with Gasteiger partial charge in [-0.2, -0.15) is 79.0 Å². The van der Waals surface area contributed by atoms with E-state index >= 15 is 13.2 Å². The van der Waals surface area contributed by atoms with Gasteiger partial charge < -0.3 is 18.4 Å². The third kappa shape index (κ3) is 17.6. The molecule has 0 aromatic heterocycles. The highest BCUT2D eigenvalue weighted by molar-refractivity contribution is 6.39. The minimum atomic E-state index is -5.65. The van der Waals surface area contributed by atoms with Crippen molar-refractivity contribution in [1.29, 1.82) is 0 Å². The first-order valence-corrected chi connectivity index (χ1v) is 22.6. The van der Waals surface area contributed by atoms with Gasteiger partial charge >= 0.3 is 44.4 Å². The molecule has 0 aliphatic carbocycles. The van der Waals surface area contributed by atoms with Gasteiger partial charge in [-0.3, -0.25) is 0 Å². The lowest BCUT2D eigenvalue weighted by Crippen LogP contribution is -2.53.